The van der Waals surface area contributed by atoms with Gasteiger partial charge in [-0.3, -0.25) is 9.20 Å². The molecule has 0 aliphatic carbocycles. The zero-order valence-corrected chi connectivity index (χ0v) is 12.3. The number of hydrogen-bond donors (Lipinski definition) is 0. The molecule has 3 aromatic rings. The van der Waals surface area contributed by atoms with Gasteiger partial charge in [-0.15, -0.1) is 10.2 Å². The number of hydrogen-bond acceptors (Lipinski definition) is 7. The summed E-state index contributed by atoms with van der Waals surface area (Å²) >= 11 is 4.42. The van der Waals surface area contributed by atoms with Crippen molar-refractivity contribution in [2.45, 2.75) is 13.7 Å². The average molecular weight is 308 g/mol. The summed E-state index contributed by atoms with van der Waals surface area (Å²) in [6, 6.07) is 5.62. The molecule has 0 fully saturated rings. The summed E-state index contributed by atoms with van der Waals surface area (Å²) in [6.07, 6.45) is 4.60. The fourth-order valence-electron chi connectivity index (χ4n) is 1.58. The highest BCUT2D eigenvalue weighted by Crippen LogP contribution is 2.33. The molecule has 3 aromatic heterocycles. The smallest absolute Gasteiger partial charge is 0.181 e. The van der Waals surface area contributed by atoms with Gasteiger partial charge in [0.15, 0.2) is 15.0 Å². The van der Waals surface area contributed by atoms with E-state index in [1.165, 1.54) is 23.1 Å². The van der Waals surface area contributed by atoms with Crippen molar-refractivity contribution in [1.82, 2.24) is 19.6 Å². The molecule has 0 bridgehead atoms. The lowest BCUT2D eigenvalue weighted by Gasteiger charge is -1.94. The van der Waals surface area contributed by atoms with Gasteiger partial charge in [0, 0.05) is 6.20 Å². The van der Waals surface area contributed by atoms with Gasteiger partial charge in [0.05, 0.1) is 0 Å². The first-order chi connectivity index (χ1) is 9.31. The van der Waals surface area contributed by atoms with Crippen LogP contribution >= 0.6 is 34.9 Å². The standard InChI is InChI=1S/C11H8N4OS3/c1-17-10-13-14-11(19-10)18-9-7(6-16)15-5-3-2-4-8(15)12-9/h2-6H,1H3. The van der Waals surface area contributed by atoms with E-state index in [0.29, 0.717) is 10.7 Å². The normalized spacial score (nSPS) is 11.0. The van der Waals surface area contributed by atoms with E-state index in [1.54, 1.807) is 16.2 Å². The van der Waals surface area contributed by atoms with E-state index in [9.17, 15) is 4.79 Å². The van der Waals surface area contributed by atoms with Crippen LogP contribution in [0.2, 0.25) is 0 Å². The highest BCUT2D eigenvalue weighted by atomic mass is 32.2. The van der Waals surface area contributed by atoms with Gasteiger partial charge in [0.2, 0.25) is 0 Å². The van der Waals surface area contributed by atoms with Crippen molar-refractivity contribution in [2.24, 2.45) is 0 Å². The average Bonchev–Trinajstić information content (AvgIpc) is 3.02. The van der Waals surface area contributed by atoms with E-state index < -0.39 is 0 Å². The second-order valence-electron chi connectivity index (χ2n) is 3.49. The topological polar surface area (TPSA) is 60.1 Å². The Labute approximate surface area is 121 Å². The van der Waals surface area contributed by atoms with Crippen molar-refractivity contribution in [3.05, 3.63) is 30.1 Å². The molecule has 0 aromatic carbocycles. The zero-order valence-electron chi connectivity index (χ0n) is 9.81. The quantitative estimate of drug-likeness (QED) is 0.545. The second kappa shape index (κ2) is 5.32. The molecule has 3 rings (SSSR count). The first-order valence-corrected chi connectivity index (χ1v) is 8.15. The molecule has 0 aliphatic rings. The van der Waals surface area contributed by atoms with Gasteiger partial charge < -0.3 is 0 Å². The van der Waals surface area contributed by atoms with Crippen molar-refractivity contribution in [2.75, 3.05) is 6.26 Å². The summed E-state index contributed by atoms with van der Waals surface area (Å²) in [5.41, 5.74) is 1.29. The SMILES string of the molecule is CSc1nnc(Sc2nc3ccccn3c2C=O)s1. The Morgan fingerprint density at radius 1 is 1.32 bits per heavy atom. The van der Waals surface area contributed by atoms with Crippen molar-refractivity contribution in [1.29, 1.82) is 0 Å². The predicted octanol–water partition coefficient (Wildman–Crippen LogP) is 2.87. The molecule has 5 nitrogen and oxygen atoms in total. The Bertz CT molecular complexity index is 736. The molecule has 0 saturated carbocycles. The molecule has 0 amide bonds. The number of imidazole rings is 1. The maximum absolute atomic E-state index is 11.2. The van der Waals surface area contributed by atoms with Gasteiger partial charge in [-0.2, -0.15) is 0 Å². The van der Waals surface area contributed by atoms with Crippen molar-refractivity contribution < 1.29 is 4.79 Å². The number of aldehydes is 1. The maximum Gasteiger partial charge on any atom is 0.181 e. The third kappa shape index (κ3) is 2.38. The van der Waals surface area contributed by atoms with Crippen LogP contribution in [0, 0.1) is 0 Å². The Morgan fingerprint density at radius 3 is 2.89 bits per heavy atom. The molecule has 0 N–H and O–H groups in total. The molecule has 8 heteroatoms. The first-order valence-electron chi connectivity index (χ1n) is 5.29. The summed E-state index contributed by atoms with van der Waals surface area (Å²) in [5.74, 6) is 0. The molecule has 96 valence electrons. The number of aromatic nitrogens is 4. The van der Waals surface area contributed by atoms with Gasteiger partial charge in [-0.25, -0.2) is 4.98 Å². The third-order valence-electron chi connectivity index (χ3n) is 2.39. The van der Waals surface area contributed by atoms with Gasteiger partial charge in [-0.1, -0.05) is 29.2 Å². The number of carbonyl (C=O) groups excluding carboxylic acids is 1. The number of nitrogens with zero attached hydrogens (tertiary/aromatic N) is 4. The molecular formula is C11H8N4OS3. The molecular weight excluding hydrogens is 300 g/mol. The molecule has 0 unspecified atom stereocenters. The summed E-state index contributed by atoms with van der Waals surface area (Å²) in [6.45, 7) is 0. The Kier molecular flexibility index (Phi) is 3.54. The summed E-state index contributed by atoms with van der Waals surface area (Å²) in [7, 11) is 0. The van der Waals surface area contributed by atoms with Crippen LogP contribution in [0.3, 0.4) is 0 Å². The van der Waals surface area contributed by atoms with E-state index in [2.05, 4.69) is 15.2 Å². The highest BCUT2D eigenvalue weighted by molar-refractivity contribution is 8.03. The largest absolute Gasteiger partial charge is 0.296 e. The maximum atomic E-state index is 11.2. The highest BCUT2D eigenvalue weighted by Gasteiger charge is 2.14. The fraction of sp³-hybridized carbons (Fsp3) is 0.0909. The molecule has 0 atom stereocenters. The molecule has 0 aliphatic heterocycles. The molecule has 0 saturated heterocycles. The fourth-order valence-corrected chi connectivity index (χ4v) is 4.02. The minimum Gasteiger partial charge on any atom is -0.296 e. The van der Waals surface area contributed by atoms with E-state index in [0.717, 1.165) is 20.6 Å². The number of pyridine rings is 1. The summed E-state index contributed by atoms with van der Waals surface area (Å²) < 4.78 is 3.46. The van der Waals surface area contributed by atoms with E-state index >= 15 is 0 Å². The molecule has 0 spiro atoms. The lowest BCUT2D eigenvalue weighted by atomic mass is 10.4. The van der Waals surface area contributed by atoms with Crippen LogP contribution in [-0.4, -0.2) is 32.1 Å². The van der Waals surface area contributed by atoms with E-state index in [1.807, 2.05) is 30.7 Å². The Balaban J connectivity index is 2.02. The monoisotopic (exact) mass is 308 g/mol. The minimum absolute atomic E-state index is 0.543. The number of thioether (sulfide) groups is 1. The van der Waals surface area contributed by atoms with Crippen molar-refractivity contribution in [3.8, 4) is 0 Å². The number of carbonyl (C=O) groups is 1. The number of rotatable bonds is 4. The van der Waals surface area contributed by atoms with E-state index in [-0.39, 0.29) is 0 Å². The zero-order chi connectivity index (χ0) is 13.2. The summed E-state index contributed by atoms with van der Waals surface area (Å²) in [5, 5.41) is 8.76. The molecule has 0 radical (unpaired) electrons. The Hall–Kier alpha value is -1.38. The lowest BCUT2D eigenvalue weighted by molar-refractivity contribution is 0.111. The predicted molar refractivity (Wildman–Crippen MR) is 76.4 cm³/mol. The van der Waals surface area contributed by atoms with Gasteiger partial charge in [-0.05, 0) is 30.2 Å². The van der Waals surface area contributed by atoms with Crippen LogP contribution in [0.1, 0.15) is 10.5 Å². The van der Waals surface area contributed by atoms with Crippen molar-refractivity contribution >= 4 is 46.8 Å². The van der Waals surface area contributed by atoms with E-state index in [4.69, 9.17) is 0 Å². The van der Waals surface area contributed by atoms with Crippen LogP contribution in [0.15, 0.2) is 38.1 Å². The van der Waals surface area contributed by atoms with Crippen LogP contribution in [0.25, 0.3) is 5.65 Å². The van der Waals surface area contributed by atoms with Crippen molar-refractivity contribution in [3.63, 3.8) is 0 Å². The number of fused-ring (bicyclic) bond motifs is 1. The lowest BCUT2D eigenvalue weighted by Crippen LogP contribution is -1.90. The third-order valence-corrected chi connectivity index (χ3v) is 5.33. The van der Waals surface area contributed by atoms with Gasteiger partial charge in [0.25, 0.3) is 0 Å². The Morgan fingerprint density at radius 2 is 2.16 bits per heavy atom. The van der Waals surface area contributed by atoms with Gasteiger partial charge >= 0.3 is 0 Å². The summed E-state index contributed by atoms with van der Waals surface area (Å²) in [4.78, 5) is 15.7. The molecule has 3 heterocycles. The first kappa shape index (κ1) is 12.6. The second-order valence-corrected chi connectivity index (χ2v) is 6.76. The van der Waals surface area contributed by atoms with Crippen LogP contribution in [0.5, 0.6) is 0 Å². The van der Waals surface area contributed by atoms with Gasteiger partial charge in [0.1, 0.15) is 16.4 Å². The van der Waals surface area contributed by atoms with Crippen LogP contribution in [-0.2, 0) is 0 Å². The van der Waals surface area contributed by atoms with Crippen LogP contribution in [0.4, 0.5) is 0 Å². The molecule has 19 heavy (non-hydrogen) atoms. The van der Waals surface area contributed by atoms with Crippen LogP contribution < -0.4 is 0 Å². The minimum atomic E-state index is 0.543.